The van der Waals surface area contributed by atoms with Crippen LogP contribution in [0.1, 0.15) is 95.5 Å². The van der Waals surface area contributed by atoms with Crippen molar-refractivity contribution in [3.8, 4) is 11.1 Å². The number of pyridine rings is 1. The number of aliphatic carboxylic acids is 1. The summed E-state index contributed by atoms with van der Waals surface area (Å²) in [6, 6.07) is 13.7. The second-order valence-electron chi connectivity index (χ2n) is 14.5. The number of nitrogens with one attached hydrogen (secondary N) is 2. The Kier molecular flexibility index (Phi) is 11.8. The third kappa shape index (κ3) is 8.91. The number of fused-ring (bicyclic) bond motifs is 2. The van der Waals surface area contributed by atoms with Gasteiger partial charge in [-0.15, -0.1) is 0 Å². The molecule has 0 spiro atoms. The van der Waals surface area contributed by atoms with Gasteiger partial charge >= 0.3 is 5.97 Å². The third-order valence-corrected chi connectivity index (χ3v) is 12.9. The van der Waals surface area contributed by atoms with Crippen molar-refractivity contribution in [2.45, 2.75) is 84.2 Å². The number of para-hydroxylation sites is 1. The van der Waals surface area contributed by atoms with Crippen LogP contribution < -0.4 is 14.9 Å². The summed E-state index contributed by atoms with van der Waals surface area (Å²) >= 11 is 1.18. The quantitative estimate of drug-likeness (QED) is 0.0982. The molecule has 2 aromatic carbocycles. The van der Waals surface area contributed by atoms with Crippen LogP contribution in [-0.4, -0.2) is 63.4 Å². The molecule has 2 amide bonds. The predicted octanol–water partition coefficient (Wildman–Crippen LogP) is 7.10. The number of anilines is 2. The van der Waals surface area contributed by atoms with Crippen LogP contribution in [0.3, 0.4) is 0 Å². The molecular weight excluding hydrogens is 758 g/mol. The molecule has 16 heteroatoms. The van der Waals surface area contributed by atoms with Gasteiger partial charge in [-0.1, -0.05) is 55.2 Å². The molecule has 0 unspecified atom stereocenters. The largest absolute Gasteiger partial charge is 0.481 e. The highest BCUT2D eigenvalue weighted by atomic mass is 32.2. The van der Waals surface area contributed by atoms with Crippen LogP contribution in [0.25, 0.3) is 21.3 Å². The lowest BCUT2D eigenvalue weighted by molar-refractivity contribution is -0.137. The molecule has 13 nitrogen and oxygen atoms in total. The van der Waals surface area contributed by atoms with Crippen molar-refractivity contribution in [3.63, 3.8) is 0 Å². The number of sulfonamides is 1. The zero-order valence-corrected chi connectivity index (χ0v) is 32.7. The molecule has 3 N–H and O–H groups in total. The number of hydrogen-bond donors (Lipinski definition) is 3. The van der Waals surface area contributed by atoms with Crippen LogP contribution in [0.2, 0.25) is 0 Å². The summed E-state index contributed by atoms with van der Waals surface area (Å²) in [5.74, 6) is -2.08. The highest BCUT2D eigenvalue weighted by Crippen LogP contribution is 2.33. The zero-order valence-electron chi connectivity index (χ0n) is 31.1. The molecule has 3 aromatic heterocycles. The van der Waals surface area contributed by atoms with Crippen molar-refractivity contribution in [1.82, 2.24) is 24.5 Å². The molecule has 1 aliphatic carbocycles. The molecule has 1 saturated carbocycles. The van der Waals surface area contributed by atoms with E-state index in [1.54, 1.807) is 36.5 Å². The number of unbranched alkanes of at least 4 members (excludes halogenated alkanes) is 2. The van der Waals surface area contributed by atoms with Crippen LogP contribution in [0.5, 0.6) is 0 Å². The number of carboxylic acids is 1. The average molecular weight is 802 g/mol. The molecule has 0 bridgehead atoms. The van der Waals surface area contributed by atoms with Crippen molar-refractivity contribution in [2.75, 3.05) is 22.5 Å². The van der Waals surface area contributed by atoms with E-state index >= 15 is 0 Å². The maximum atomic E-state index is 14.3. The minimum atomic E-state index is -4.07. The maximum absolute atomic E-state index is 14.3. The van der Waals surface area contributed by atoms with Gasteiger partial charge in [0.2, 0.25) is 10.0 Å². The van der Waals surface area contributed by atoms with Gasteiger partial charge in [-0.05, 0) is 86.4 Å². The molecule has 56 heavy (non-hydrogen) atoms. The van der Waals surface area contributed by atoms with Gasteiger partial charge in [-0.2, -0.15) is 5.10 Å². The number of carbonyl (C=O) groups is 3. The van der Waals surface area contributed by atoms with Gasteiger partial charge in [0.25, 0.3) is 11.8 Å². The van der Waals surface area contributed by atoms with E-state index in [4.69, 9.17) is 10.1 Å². The van der Waals surface area contributed by atoms with Gasteiger partial charge in [0.05, 0.1) is 16.6 Å². The van der Waals surface area contributed by atoms with Gasteiger partial charge < -0.3 is 10.0 Å². The number of aromatic nitrogens is 4. The second kappa shape index (κ2) is 16.9. The summed E-state index contributed by atoms with van der Waals surface area (Å²) in [6.45, 7) is 3.51. The van der Waals surface area contributed by atoms with Crippen LogP contribution in [0.4, 0.5) is 15.3 Å². The van der Waals surface area contributed by atoms with Crippen molar-refractivity contribution >= 4 is 60.3 Å². The van der Waals surface area contributed by atoms with Gasteiger partial charge in [-0.3, -0.25) is 24.4 Å². The molecule has 294 valence electrons. The first kappa shape index (κ1) is 39.0. The molecule has 0 saturated heterocycles. The number of hydrogen-bond acceptors (Lipinski definition) is 10. The monoisotopic (exact) mass is 801 g/mol. The molecule has 7 rings (SSSR count). The lowest BCUT2D eigenvalue weighted by atomic mass is 9.89. The van der Waals surface area contributed by atoms with Crippen LogP contribution in [-0.2, 0) is 34.3 Å². The van der Waals surface area contributed by atoms with E-state index in [1.807, 2.05) is 28.6 Å². The molecule has 4 heterocycles. The Morgan fingerprint density at radius 1 is 0.964 bits per heavy atom. The fourth-order valence-corrected chi connectivity index (χ4v) is 9.57. The van der Waals surface area contributed by atoms with Gasteiger partial charge in [-0.25, -0.2) is 27.5 Å². The SMILES string of the molecule is Cc1c(-c2ccc(N3CCc4cccc(C(=O)Nc5nc6c(F)cccc6s5)c4C3)nc2C(=O)NS(=O)(=O)CCCCCC(=O)O)cnn1CC1CCCCC1. The van der Waals surface area contributed by atoms with E-state index in [0.717, 1.165) is 36.2 Å². The number of halogens is 1. The summed E-state index contributed by atoms with van der Waals surface area (Å²) in [6.07, 6.45) is 9.04. The Morgan fingerprint density at radius 3 is 2.55 bits per heavy atom. The molecule has 2 aliphatic rings. The Balaban J connectivity index is 1.16. The second-order valence-corrected chi connectivity index (χ2v) is 17.4. The van der Waals surface area contributed by atoms with Gasteiger partial charge in [0, 0.05) is 48.4 Å². The highest BCUT2D eigenvalue weighted by Gasteiger charge is 2.28. The number of carboxylic acid groups (broad SMARTS) is 1. The van der Waals surface area contributed by atoms with E-state index in [0.29, 0.717) is 58.9 Å². The van der Waals surface area contributed by atoms with Crippen molar-refractivity contribution in [2.24, 2.45) is 5.92 Å². The average Bonchev–Trinajstić information content (AvgIpc) is 3.76. The van der Waals surface area contributed by atoms with E-state index < -0.39 is 27.7 Å². The highest BCUT2D eigenvalue weighted by molar-refractivity contribution is 7.90. The smallest absolute Gasteiger partial charge is 0.303 e. The van der Waals surface area contributed by atoms with Gasteiger partial charge in [0.15, 0.2) is 5.13 Å². The Hall–Kier alpha value is -5.22. The summed E-state index contributed by atoms with van der Waals surface area (Å²) in [7, 11) is -4.07. The van der Waals surface area contributed by atoms with E-state index in [9.17, 15) is 27.2 Å². The minimum Gasteiger partial charge on any atom is -0.481 e. The lowest BCUT2D eigenvalue weighted by Gasteiger charge is -2.31. The number of benzene rings is 2. The van der Waals surface area contributed by atoms with E-state index in [1.165, 1.54) is 36.7 Å². The predicted molar refractivity (Wildman–Crippen MR) is 213 cm³/mol. The van der Waals surface area contributed by atoms with E-state index in [-0.39, 0.29) is 47.4 Å². The first-order valence-electron chi connectivity index (χ1n) is 19.0. The third-order valence-electron chi connectivity index (χ3n) is 10.6. The molecule has 1 aliphatic heterocycles. The minimum absolute atomic E-state index is 0.0578. The lowest BCUT2D eigenvalue weighted by Crippen LogP contribution is -2.35. The first-order chi connectivity index (χ1) is 27.0. The standard InChI is InChI=1S/C40H44FN7O6S2/c1-25-30(22-42-48(25)23-26-10-4-2-5-11-26)28-17-18-34(43-36(28)39(52)46-56(53,54)21-7-3-6-16-35(49)50)47-20-19-27-12-8-13-29(31(27)24-47)38(51)45-40-44-37-32(41)14-9-15-33(37)55-40/h8-9,12-15,17-18,22,26H,2-7,10-11,16,19-21,23-24H2,1H3,(H,46,52)(H,49,50)(H,44,45,51). The fourth-order valence-electron chi connectivity index (χ4n) is 7.63. The van der Waals surface area contributed by atoms with Crippen LogP contribution in [0, 0.1) is 18.7 Å². The summed E-state index contributed by atoms with van der Waals surface area (Å²) in [5.41, 5.74) is 4.26. The fraction of sp³-hybridized carbons (Fsp3) is 0.400. The van der Waals surface area contributed by atoms with Crippen molar-refractivity contribution in [3.05, 3.63) is 88.6 Å². The molecule has 0 atom stereocenters. The number of nitrogens with zero attached hydrogens (tertiary/aromatic N) is 5. The van der Waals surface area contributed by atoms with Crippen molar-refractivity contribution in [1.29, 1.82) is 0 Å². The molecule has 5 aromatic rings. The topological polar surface area (TPSA) is 176 Å². The number of carbonyl (C=O) groups excluding carboxylic acids is 2. The Morgan fingerprint density at radius 2 is 1.77 bits per heavy atom. The molecule has 1 fully saturated rings. The van der Waals surface area contributed by atoms with Crippen LogP contribution >= 0.6 is 11.3 Å². The zero-order chi connectivity index (χ0) is 39.4. The molecular formula is C40H44FN7O6S2. The number of thiazole rings is 1. The van der Waals surface area contributed by atoms with E-state index in [2.05, 4.69) is 20.1 Å². The summed E-state index contributed by atoms with van der Waals surface area (Å²) in [5, 5.41) is 16.7. The van der Waals surface area contributed by atoms with Gasteiger partial charge in [0.1, 0.15) is 22.8 Å². The Labute approximate surface area is 328 Å². The maximum Gasteiger partial charge on any atom is 0.303 e. The van der Waals surface area contributed by atoms with Crippen LogP contribution in [0.15, 0.2) is 54.7 Å². The molecule has 0 radical (unpaired) electrons. The first-order valence-corrected chi connectivity index (χ1v) is 21.4. The number of amides is 2. The summed E-state index contributed by atoms with van der Waals surface area (Å²) < 4.78 is 45.3. The number of rotatable bonds is 14. The van der Waals surface area contributed by atoms with Crippen molar-refractivity contribution < 1.29 is 32.3 Å². The summed E-state index contributed by atoms with van der Waals surface area (Å²) in [4.78, 5) is 49.5. The normalized spacial score (nSPS) is 14.8. The Bertz CT molecular complexity index is 2390.